The Kier molecular flexibility index (Phi) is 16.7. The molecule has 0 aromatic heterocycles. The van der Waals surface area contributed by atoms with Gasteiger partial charge in [-0.2, -0.15) is 0 Å². The van der Waals surface area contributed by atoms with Crippen LogP contribution in [0.4, 0.5) is 0 Å². The Morgan fingerprint density at radius 2 is 0.818 bits per heavy atom. The first-order valence-electron chi connectivity index (χ1n) is 22.5. The van der Waals surface area contributed by atoms with Crippen LogP contribution in [0, 0.1) is 0 Å². The van der Waals surface area contributed by atoms with Crippen LogP contribution in [-0.4, -0.2) is 131 Å². The van der Waals surface area contributed by atoms with Crippen molar-refractivity contribution in [3.05, 3.63) is 106 Å². The molecule has 6 rings (SSSR count). The van der Waals surface area contributed by atoms with E-state index in [0.717, 1.165) is 84.1 Å². The Balaban J connectivity index is 1.04. The van der Waals surface area contributed by atoms with E-state index >= 15 is 0 Å². The molecule has 0 saturated carbocycles. The molecule has 0 N–H and O–H groups in total. The van der Waals surface area contributed by atoms with Crippen LogP contribution in [0.2, 0.25) is 0 Å². The Morgan fingerprint density at radius 3 is 1.17 bits per heavy atom. The van der Waals surface area contributed by atoms with E-state index in [1.807, 2.05) is 24.3 Å². The van der Waals surface area contributed by atoms with E-state index in [4.69, 9.17) is 47.4 Å². The normalized spacial score (nSPS) is 19.8. The van der Waals surface area contributed by atoms with Crippen molar-refractivity contribution in [1.82, 2.24) is 0 Å². The summed E-state index contributed by atoms with van der Waals surface area (Å²) < 4.78 is 57.7. The third-order valence-corrected chi connectivity index (χ3v) is 13.5. The lowest BCUT2D eigenvalue weighted by molar-refractivity contribution is -0.941. The number of hydrogen-bond donors (Lipinski definition) is 0. The molecule has 0 radical (unpaired) electrons. The first-order valence-corrected chi connectivity index (χ1v) is 22.5. The summed E-state index contributed by atoms with van der Waals surface area (Å²) in [5, 5.41) is 0. The zero-order chi connectivity index (χ0) is 47.4. The molecule has 14 nitrogen and oxygen atoms in total. The Morgan fingerprint density at radius 1 is 0.485 bits per heavy atom. The van der Waals surface area contributed by atoms with Crippen molar-refractivity contribution in [2.45, 2.75) is 50.6 Å². The lowest BCUT2D eigenvalue weighted by Crippen LogP contribution is -2.52. The highest BCUT2D eigenvalue weighted by Crippen LogP contribution is 2.45. The van der Waals surface area contributed by atoms with Gasteiger partial charge in [0.2, 0.25) is 0 Å². The number of methoxy groups -OCH3 is 8. The maximum absolute atomic E-state index is 12.8. The minimum absolute atomic E-state index is 0.0726. The van der Waals surface area contributed by atoms with Crippen molar-refractivity contribution in [3.63, 3.8) is 0 Å². The van der Waals surface area contributed by atoms with Crippen molar-refractivity contribution in [3.8, 4) is 46.0 Å². The quantitative estimate of drug-likeness (QED) is 0.0337. The average Bonchev–Trinajstić information content (AvgIpc) is 3.34. The second kappa shape index (κ2) is 22.4. The van der Waals surface area contributed by atoms with E-state index in [9.17, 15) is 9.59 Å². The molecule has 4 atom stereocenters. The summed E-state index contributed by atoms with van der Waals surface area (Å²) in [4.78, 5) is 25.6. The second-order valence-electron chi connectivity index (χ2n) is 17.4. The number of rotatable bonds is 22. The van der Waals surface area contributed by atoms with Crippen LogP contribution in [0.3, 0.4) is 0 Å². The Labute approximate surface area is 390 Å². The monoisotopic (exact) mass is 912 g/mol. The minimum atomic E-state index is -0.590. The molecular weight excluding hydrogens is 845 g/mol. The molecule has 4 aromatic rings. The molecule has 356 valence electrons. The van der Waals surface area contributed by atoms with E-state index in [1.54, 1.807) is 56.9 Å². The predicted octanol–water partition coefficient (Wildman–Crippen LogP) is 7.45. The molecule has 2 aliphatic heterocycles. The fourth-order valence-electron chi connectivity index (χ4n) is 9.75. The predicted molar refractivity (Wildman–Crippen MR) is 251 cm³/mol. The summed E-state index contributed by atoms with van der Waals surface area (Å²) in [7, 11) is 17.7. The second-order valence-corrected chi connectivity index (χ2v) is 17.4. The van der Waals surface area contributed by atoms with Crippen LogP contribution in [-0.2, 0) is 44.7 Å². The smallest absolute Gasteiger partial charge is 0.331 e. The lowest BCUT2D eigenvalue weighted by atomic mass is 9.86. The molecule has 0 spiro atoms. The highest BCUT2D eigenvalue weighted by atomic mass is 16.5. The van der Waals surface area contributed by atoms with Gasteiger partial charge in [-0.05, 0) is 70.8 Å². The van der Waals surface area contributed by atoms with Crippen molar-refractivity contribution in [2.75, 3.05) is 110 Å². The number of nitrogens with zero attached hydrogens (tertiary/aromatic N) is 2. The third kappa shape index (κ3) is 11.3. The molecule has 2 aliphatic rings. The van der Waals surface area contributed by atoms with Crippen LogP contribution in [0.25, 0.3) is 0 Å². The molecule has 0 unspecified atom stereocenters. The molecule has 2 heterocycles. The van der Waals surface area contributed by atoms with Crippen molar-refractivity contribution in [2.24, 2.45) is 0 Å². The number of carbonyl (C=O) groups excluding carboxylic acids is 2. The number of hydrogen-bond acceptors (Lipinski definition) is 12. The highest BCUT2D eigenvalue weighted by Gasteiger charge is 2.41. The first kappa shape index (κ1) is 49.3. The van der Waals surface area contributed by atoms with Crippen molar-refractivity contribution < 1.29 is 65.9 Å². The molecular formula is C52H68N2O12+2. The lowest BCUT2D eigenvalue weighted by Gasteiger charge is -2.46. The van der Waals surface area contributed by atoms with Gasteiger partial charge in [-0.1, -0.05) is 12.1 Å². The number of ether oxygens (including phenoxy) is 10. The largest absolute Gasteiger partial charge is 0.493 e. The van der Waals surface area contributed by atoms with Gasteiger partial charge in [-0.25, -0.2) is 9.59 Å². The maximum atomic E-state index is 12.8. The van der Waals surface area contributed by atoms with Crippen molar-refractivity contribution in [1.29, 1.82) is 0 Å². The van der Waals surface area contributed by atoms with Gasteiger partial charge < -0.3 is 56.3 Å². The van der Waals surface area contributed by atoms with Gasteiger partial charge in [-0.3, -0.25) is 0 Å². The first-order chi connectivity index (χ1) is 31.9. The minimum Gasteiger partial charge on any atom is -0.493 e. The molecule has 14 heteroatoms. The van der Waals surface area contributed by atoms with E-state index < -0.39 is 11.9 Å². The number of likely N-dealkylation sites (N-methyl/N-ethyl adjacent to an activating group) is 2. The number of fused-ring (bicyclic) bond motifs is 2. The van der Waals surface area contributed by atoms with E-state index in [0.29, 0.717) is 58.8 Å². The fourth-order valence-corrected chi connectivity index (χ4v) is 9.75. The van der Waals surface area contributed by atoms with Crippen LogP contribution in [0.15, 0.2) is 72.8 Å². The molecule has 0 amide bonds. The van der Waals surface area contributed by atoms with Crippen molar-refractivity contribution >= 4 is 11.9 Å². The Bertz CT molecular complexity index is 2190. The maximum Gasteiger partial charge on any atom is 0.331 e. The van der Waals surface area contributed by atoms with Crippen LogP contribution in [0.1, 0.15) is 58.3 Å². The molecule has 0 aliphatic carbocycles. The number of carbonyl (C=O) groups is 2. The van der Waals surface area contributed by atoms with Gasteiger partial charge >= 0.3 is 11.9 Å². The number of esters is 2. The van der Waals surface area contributed by atoms with Gasteiger partial charge in [0.1, 0.15) is 12.1 Å². The van der Waals surface area contributed by atoms with E-state index in [-0.39, 0.29) is 25.3 Å². The van der Waals surface area contributed by atoms with Gasteiger partial charge in [0.25, 0.3) is 0 Å². The summed E-state index contributed by atoms with van der Waals surface area (Å²) in [5.41, 5.74) is 7.06. The van der Waals surface area contributed by atoms with E-state index in [1.165, 1.54) is 22.3 Å². The molecule has 4 aromatic carbocycles. The molecule has 0 saturated heterocycles. The zero-order valence-electron chi connectivity index (χ0n) is 40.4. The highest BCUT2D eigenvalue weighted by molar-refractivity contribution is 5.91. The third-order valence-electron chi connectivity index (χ3n) is 13.5. The summed E-state index contributed by atoms with van der Waals surface area (Å²) >= 11 is 0. The molecule has 0 fully saturated rings. The zero-order valence-corrected chi connectivity index (χ0v) is 40.4. The van der Waals surface area contributed by atoms with Crippen LogP contribution >= 0.6 is 0 Å². The average molecular weight is 913 g/mol. The summed E-state index contributed by atoms with van der Waals surface area (Å²) in [6.07, 6.45) is 6.73. The summed E-state index contributed by atoms with van der Waals surface area (Å²) in [6, 6.07) is 20.6. The number of quaternary nitrogens is 2. The summed E-state index contributed by atoms with van der Waals surface area (Å²) in [6.45, 7) is 3.69. The topological polar surface area (TPSA) is 126 Å². The van der Waals surface area contributed by atoms with Crippen LogP contribution < -0.4 is 37.9 Å². The van der Waals surface area contributed by atoms with E-state index in [2.05, 4.69) is 50.5 Å². The Hall–Kier alpha value is -6.12. The molecule has 0 bridgehead atoms. The number of benzene rings is 4. The van der Waals surface area contributed by atoms with Crippen LogP contribution in [0.5, 0.6) is 46.0 Å². The standard InChI is InChI=1S/C52H68N2O12/c1-53(23-19-37-31-47(61-7)49(63-9)33-39(37)41(53)27-35-13-15-43(57-3)45(29-35)59-5)21-11-25-65-51(55)17-18-52(56)66-26-12-22-54(2)24-20-38-32-48(62-8)50(64-10)34-40(38)42(54)28-36-14-16-44(58-4)46(30-36)60-6/h13-18,29-34,41-42H,11-12,19-28H2,1-10H3/q+2/b18-17+/t41-,42-,53+,54+/m0/s1. The summed E-state index contributed by atoms with van der Waals surface area (Å²) in [5.74, 6) is 4.31. The van der Waals surface area contributed by atoms with Gasteiger partial charge in [0, 0.05) is 61.8 Å². The fraction of sp³-hybridized carbons (Fsp3) is 0.462. The van der Waals surface area contributed by atoms with Gasteiger partial charge in [-0.15, -0.1) is 0 Å². The molecule has 66 heavy (non-hydrogen) atoms. The SMILES string of the molecule is COc1ccc(C[C@H]2c3cc(OC)c(OC)cc3CC[N@@+]2(C)CCCOC(=O)/C=C/C(=O)OCCC[N@+]2(C)CCc3cc(OC)c(OC)cc3[C@@H]2Cc2ccc(OC)c(OC)c2)cc1OC. The van der Waals surface area contributed by atoms with Gasteiger partial charge in [0.05, 0.1) is 110 Å². The van der Waals surface area contributed by atoms with Gasteiger partial charge in [0.15, 0.2) is 46.0 Å².